The Bertz CT molecular complexity index is 423. The SMILES string of the molecule is NCCc1cc2cc(O)c(O)cc2[nH]1. The van der Waals surface area contributed by atoms with Crippen molar-refractivity contribution in [2.75, 3.05) is 6.54 Å². The number of phenols is 2. The maximum Gasteiger partial charge on any atom is 0.159 e. The number of aromatic amines is 1. The van der Waals surface area contributed by atoms with Crippen LogP contribution in [0, 0.1) is 0 Å². The highest BCUT2D eigenvalue weighted by Crippen LogP contribution is 2.30. The fourth-order valence-corrected chi connectivity index (χ4v) is 1.51. The molecule has 0 amide bonds. The molecule has 0 spiro atoms. The van der Waals surface area contributed by atoms with Crippen LogP contribution in [0.5, 0.6) is 11.5 Å². The maximum absolute atomic E-state index is 9.27. The Kier molecular flexibility index (Phi) is 2.05. The minimum absolute atomic E-state index is 0.101. The van der Waals surface area contributed by atoms with Gasteiger partial charge in [0.15, 0.2) is 11.5 Å². The summed E-state index contributed by atoms with van der Waals surface area (Å²) in [6.07, 6.45) is 0.760. The summed E-state index contributed by atoms with van der Waals surface area (Å²) in [7, 11) is 0. The Morgan fingerprint density at radius 3 is 2.57 bits per heavy atom. The minimum Gasteiger partial charge on any atom is -0.504 e. The molecule has 0 atom stereocenters. The predicted molar refractivity (Wildman–Crippen MR) is 54.4 cm³/mol. The Hall–Kier alpha value is -1.68. The van der Waals surface area contributed by atoms with Crippen LogP contribution in [0.15, 0.2) is 18.2 Å². The lowest BCUT2D eigenvalue weighted by atomic mass is 10.2. The first kappa shape index (κ1) is 8.90. The van der Waals surface area contributed by atoms with Gasteiger partial charge >= 0.3 is 0 Å². The molecule has 0 saturated heterocycles. The maximum atomic E-state index is 9.27. The lowest BCUT2D eigenvalue weighted by molar-refractivity contribution is 0.405. The van der Waals surface area contributed by atoms with Crippen molar-refractivity contribution in [1.29, 1.82) is 0 Å². The molecule has 5 N–H and O–H groups in total. The molecule has 74 valence electrons. The number of rotatable bonds is 2. The van der Waals surface area contributed by atoms with Gasteiger partial charge in [0.25, 0.3) is 0 Å². The number of nitrogens with two attached hydrogens (primary N) is 1. The topological polar surface area (TPSA) is 82.3 Å². The molecule has 1 aromatic heterocycles. The summed E-state index contributed by atoms with van der Waals surface area (Å²) < 4.78 is 0. The van der Waals surface area contributed by atoms with Crippen LogP contribution in [-0.4, -0.2) is 21.7 Å². The number of benzene rings is 1. The van der Waals surface area contributed by atoms with E-state index >= 15 is 0 Å². The van der Waals surface area contributed by atoms with Gasteiger partial charge in [-0.3, -0.25) is 0 Å². The molecule has 0 aliphatic rings. The molecule has 0 saturated carbocycles. The van der Waals surface area contributed by atoms with E-state index in [1.54, 1.807) is 0 Å². The number of aromatic nitrogens is 1. The van der Waals surface area contributed by atoms with E-state index in [0.29, 0.717) is 6.54 Å². The fraction of sp³-hybridized carbons (Fsp3) is 0.200. The molecule has 4 heteroatoms. The van der Waals surface area contributed by atoms with Gasteiger partial charge in [0.2, 0.25) is 0 Å². The van der Waals surface area contributed by atoms with Crippen molar-refractivity contribution in [2.24, 2.45) is 5.73 Å². The van der Waals surface area contributed by atoms with Crippen molar-refractivity contribution in [3.8, 4) is 11.5 Å². The van der Waals surface area contributed by atoms with E-state index in [1.807, 2.05) is 6.07 Å². The van der Waals surface area contributed by atoms with Crippen molar-refractivity contribution in [2.45, 2.75) is 6.42 Å². The molecule has 1 heterocycles. The summed E-state index contributed by atoms with van der Waals surface area (Å²) in [6.45, 7) is 0.574. The molecule has 14 heavy (non-hydrogen) atoms. The van der Waals surface area contributed by atoms with E-state index in [4.69, 9.17) is 5.73 Å². The van der Waals surface area contributed by atoms with Crippen molar-refractivity contribution >= 4 is 10.9 Å². The van der Waals surface area contributed by atoms with E-state index in [0.717, 1.165) is 23.0 Å². The zero-order valence-corrected chi connectivity index (χ0v) is 7.62. The highest BCUT2D eigenvalue weighted by atomic mass is 16.3. The first-order valence-corrected chi connectivity index (χ1v) is 4.44. The number of fused-ring (bicyclic) bond motifs is 1. The van der Waals surface area contributed by atoms with Crippen molar-refractivity contribution in [1.82, 2.24) is 4.98 Å². The second kappa shape index (κ2) is 3.23. The molecule has 4 nitrogen and oxygen atoms in total. The smallest absolute Gasteiger partial charge is 0.159 e. The van der Waals surface area contributed by atoms with Gasteiger partial charge in [-0.05, 0) is 25.1 Å². The molecular formula is C10H12N2O2. The quantitative estimate of drug-likeness (QED) is 0.537. The van der Waals surface area contributed by atoms with Crippen LogP contribution in [0.4, 0.5) is 0 Å². The summed E-state index contributed by atoms with van der Waals surface area (Å²) in [5.74, 6) is -0.213. The van der Waals surface area contributed by atoms with Gasteiger partial charge in [-0.25, -0.2) is 0 Å². The summed E-state index contributed by atoms with van der Waals surface area (Å²) in [4.78, 5) is 3.11. The average molecular weight is 192 g/mol. The summed E-state index contributed by atoms with van der Waals surface area (Å²) in [5.41, 5.74) is 7.24. The summed E-state index contributed by atoms with van der Waals surface area (Å²) >= 11 is 0. The molecule has 0 aliphatic heterocycles. The summed E-state index contributed by atoms with van der Waals surface area (Å²) in [6, 6.07) is 4.95. The number of nitrogens with one attached hydrogen (secondary N) is 1. The monoisotopic (exact) mass is 192 g/mol. The zero-order valence-electron chi connectivity index (χ0n) is 7.62. The molecule has 0 aliphatic carbocycles. The second-order valence-corrected chi connectivity index (χ2v) is 3.26. The fourth-order valence-electron chi connectivity index (χ4n) is 1.51. The third-order valence-corrected chi connectivity index (χ3v) is 2.19. The van der Waals surface area contributed by atoms with Crippen LogP contribution in [0.3, 0.4) is 0 Å². The standard InChI is InChI=1S/C10H12N2O2/c11-2-1-7-3-6-4-9(13)10(14)5-8(6)12-7/h3-5,12-14H,1-2,11H2. The molecule has 0 unspecified atom stereocenters. The van der Waals surface area contributed by atoms with Crippen LogP contribution >= 0.6 is 0 Å². The van der Waals surface area contributed by atoms with Gasteiger partial charge in [0.1, 0.15) is 0 Å². The van der Waals surface area contributed by atoms with Crippen LogP contribution < -0.4 is 5.73 Å². The van der Waals surface area contributed by atoms with Gasteiger partial charge in [-0.1, -0.05) is 0 Å². The Morgan fingerprint density at radius 1 is 1.14 bits per heavy atom. The van der Waals surface area contributed by atoms with Gasteiger partial charge in [-0.2, -0.15) is 0 Å². The van der Waals surface area contributed by atoms with Gasteiger partial charge in [0, 0.05) is 22.7 Å². The highest BCUT2D eigenvalue weighted by molar-refractivity contribution is 5.84. The number of aromatic hydroxyl groups is 2. The van der Waals surface area contributed by atoms with Crippen molar-refractivity contribution < 1.29 is 10.2 Å². The first-order valence-electron chi connectivity index (χ1n) is 4.44. The average Bonchev–Trinajstić information content (AvgIpc) is 2.48. The molecular weight excluding hydrogens is 180 g/mol. The lowest BCUT2D eigenvalue weighted by Gasteiger charge is -1.95. The Balaban J connectivity index is 2.54. The Morgan fingerprint density at radius 2 is 1.86 bits per heavy atom. The first-order chi connectivity index (χ1) is 6.70. The largest absolute Gasteiger partial charge is 0.504 e. The lowest BCUT2D eigenvalue weighted by Crippen LogP contribution is -2.02. The zero-order chi connectivity index (χ0) is 10.1. The third-order valence-electron chi connectivity index (χ3n) is 2.19. The number of hydrogen-bond acceptors (Lipinski definition) is 3. The normalized spacial score (nSPS) is 10.9. The van der Waals surface area contributed by atoms with Crippen molar-refractivity contribution in [3.63, 3.8) is 0 Å². The molecule has 0 bridgehead atoms. The molecule has 0 fully saturated rings. The van der Waals surface area contributed by atoms with Crippen LogP contribution in [0.1, 0.15) is 5.69 Å². The minimum atomic E-state index is -0.112. The molecule has 1 aromatic carbocycles. The van der Waals surface area contributed by atoms with E-state index < -0.39 is 0 Å². The van der Waals surface area contributed by atoms with Crippen molar-refractivity contribution in [3.05, 3.63) is 23.9 Å². The summed E-state index contributed by atoms with van der Waals surface area (Å²) in [5, 5.41) is 19.4. The van der Waals surface area contributed by atoms with E-state index in [9.17, 15) is 10.2 Å². The van der Waals surface area contributed by atoms with Crippen LogP contribution in [-0.2, 0) is 6.42 Å². The Labute approximate surface area is 81.0 Å². The molecule has 2 rings (SSSR count). The van der Waals surface area contributed by atoms with Gasteiger partial charge in [0.05, 0.1) is 0 Å². The van der Waals surface area contributed by atoms with Gasteiger partial charge < -0.3 is 20.9 Å². The molecule has 0 radical (unpaired) electrons. The van der Waals surface area contributed by atoms with E-state index in [2.05, 4.69) is 4.98 Å². The van der Waals surface area contributed by atoms with Gasteiger partial charge in [-0.15, -0.1) is 0 Å². The van der Waals surface area contributed by atoms with E-state index in [1.165, 1.54) is 12.1 Å². The number of phenolic OH excluding ortho intramolecular Hbond substituents is 2. The van der Waals surface area contributed by atoms with Crippen LogP contribution in [0.2, 0.25) is 0 Å². The van der Waals surface area contributed by atoms with Crippen LogP contribution in [0.25, 0.3) is 10.9 Å². The predicted octanol–water partition coefficient (Wildman–Crippen LogP) is 1.08. The number of H-pyrrole nitrogens is 1. The van der Waals surface area contributed by atoms with E-state index in [-0.39, 0.29) is 11.5 Å². The third kappa shape index (κ3) is 1.40. The number of hydrogen-bond donors (Lipinski definition) is 4. The molecule has 2 aromatic rings. The second-order valence-electron chi connectivity index (χ2n) is 3.26. The highest BCUT2D eigenvalue weighted by Gasteiger charge is 2.05.